The SMILES string of the molecule is C/C=C/C#CC#C/C=C/C=C/C(CCO)OC(C)=O. The topological polar surface area (TPSA) is 46.5 Å². The molecule has 1 atom stereocenters. The number of ether oxygens (including phenoxy) is 1. The molecule has 1 N–H and O–H groups in total. The molecule has 0 radical (unpaired) electrons. The van der Waals surface area contributed by atoms with Crippen molar-refractivity contribution in [2.75, 3.05) is 6.61 Å². The number of rotatable bonds is 5. The summed E-state index contributed by atoms with van der Waals surface area (Å²) < 4.78 is 4.98. The predicted molar refractivity (Wildman–Crippen MR) is 75.9 cm³/mol. The fraction of sp³-hybridized carbons (Fsp3) is 0.312. The molecule has 0 fully saturated rings. The van der Waals surface area contributed by atoms with E-state index in [-0.39, 0.29) is 12.6 Å². The largest absolute Gasteiger partial charge is 0.458 e. The third kappa shape index (κ3) is 12.0. The third-order valence-electron chi connectivity index (χ3n) is 1.80. The van der Waals surface area contributed by atoms with Gasteiger partial charge in [-0.15, -0.1) is 0 Å². The highest BCUT2D eigenvalue weighted by molar-refractivity contribution is 5.66. The average Bonchev–Trinajstić information content (AvgIpc) is 2.36. The van der Waals surface area contributed by atoms with Gasteiger partial charge in [0.15, 0.2) is 0 Å². The van der Waals surface area contributed by atoms with E-state index in [1.54, 1.807) is 30.4 Å². The van der Waals surface area contributed by atoms with Crippen LogP contribution in [0.3, 0.4) is 0 Å². The molecule has 0 aliphatic rings. The first-order valence-electron chi connectivity index (χ1n) is 5.94. The van der Waals surface area contributed by atoms with Gasteiger partial charge in [-0.2, -0.15) is 0 Å². The summed E-state index contributed by atoms with van der Waals surface area (Å²) >= 11 is 0. The Balaban J connectivity index is 4.23. The van der Waals surface area contributed by atoms with Crippen LogP contribution in [0.15, 0.2) is 36.5 Å². The van der Waals surface area contributed by atoms with E-state index in [1.807, 2.05) is 13.0 Å². The van der Waals surface area contributed by atoms with Gasteiger partial charge in [0.25, 0.3) is 0 Å². The molecular weight excluding hydrogens is 240 g/mol. The van der Waals surface area contributed by atoms with Crippen LogP contribution in [-0.4, -0.2) is 23.8 Å². The number of hydrogen-bond acceptors (Lipinski definition) is 3. The van der Waals surface area contributed by atoms with Crippen molar-refractivity contribution < 1.29 is 14.6 Å². The molecule has 100 valence electrons. The van der Waals surface area contributed by atoms with Gasteiger partial charge >= 0.3 is 5.97 Å². The average molecular weight is 258 g/mol. The molecule has 0 aromatic rings. The van der Waals surface area contributed by atoms with Crippen molar-refractivity contribution in [3.63, 3.8) is 0 Å². The van der Waals surface area contributed by atoms with Crippen molar-refractivity contribution in [1.82, 2.24) is 0 Å². The maximum atomic E-state index is 10.8. The normalized spacial score (nSPS) is 11.9. The summed E-state index contributed by atoms with van der Waals surface area (Å²) in [5.41, 5.74) is 0. The summed E-state index contributed by atoms with van der Waals surface area (Å²) in [6, 6.07) is 0. The molecule has 19 heavy (non-hydrogen) atoms. The fourth-order valence-corrected chi connectivity index (χ4v) is 1.07. The van der Waals surface area contributed by atoms with Crippen LogP contribution >= 0.6 is 0 Å². The van der Waals surface area contributed by atoms with Gasteiger partial charge in [0.2, 0.25) is 0 Å². The van der Waals surface area contributed by atoms with Crippen LogP contribution in [0.5, 0.6) is 0 Å². The van der Waals surface area contributed by atoms with E-state index < -0.39 is 6.10 Å². The highest BCUT2D eigenvalue weighted by Crippen LogP contribution is 2.00. The quantitative estimate of drug-likeness (QED) is 0.466. The molecular formula is C16H18O3. The van der Waals surface area contributed by atoms with Crippen molar-refractivity contribution in [1.29, 1.82) is 0 Å². The van der Waals surface area contributed by atoms with Gasteiger partial charge in [-0.3, -0.25) is 4.79 Å². The molecule has 3 heteroatoms. The molecule has 0 saturated heterocycles. The lowest BCUT2D eigenvalue weighted by molar-refractivity contribution is -0.144. The predicted octanol–water partition coefficient (Wildman–Crippen LogP) is 2.00. The lowest BCUT2D eigenvalue weighted by Crippen LogP contribution is -2.14. The smallest absolute Gasteiger partial charge is 0.303 e. The first kappa shape index (κ1) is 16.8. The fourth-order valence-electron chi connectivity index (χ4n) is 1.07. The molecule has 0 heterocycles. The molecule has 0 rings (SSSR count). The van der Waals surface area contributed by atoms with Crippen molar-refractivity contribution in [2.24, 2.45) is 0 Å². The molecule has 0 bridgehead atoms. The van der Waals surface area contributed by atoms with E-state index in [0.29, 0.717) is 6.42 Å². The van der Waals surface area contributed by atoms with E-state index in [2.05, 4.69) is 23.7 Å². The zero-order chi connectivity index (χ0) is 14.3. The Hall–Kier alpha value is -2.23. The second-order valence-corrected chi connectivity index (χ2v) is 3.44. The van der Waals surface area contributed by atoms with E-state index in [4.69, 9.17) is 9.84 Å². The molecule has 0 aromatic heterocycles. The number of allylic oxidation sites excluding steroid dienone is 5. The number of esters is 1. The van der Waals surface area contributed by atoms with Gasteiger partial charge in [0.05, 0.1) is 0 Å². The molecule has 3 nitrogen and oxygen atoms in total. The Morgan fingerprint density at radius 1 is 1.26 bits per heavy atom. The lowest BCUT2D eigenvalue weighted by atomic mass is 10.2. The summed E-state index contributed by atoms with van der Waals surface area (Å²) in [5.74, 6) is 10.4. The van der Waals surface area contributed by atoms with E-state index in [9.17, 15) is 4.79 Å². The molecule has 0 aliphatic carbocycles. The molecule has 1 unspecified atom stereocenters. The van der Waals surface area contributed by atoms with Crippen LogP contribution in [-0.2, 0) is 9.53 Å². The standard InChI is InChI=1S/C16H18O3/c1-3-4-5-6-7-8-9-10-11-12-16(13-14-17)19-15(2)18/h3-4,9-12,16-17H,13-14H2,1-2H3/b4-3+,10-9+,12-11+. The molecule has 0 amide bonds. The zero-order valence-electron chi connectivity index (χ0n) is 11.2. The molecule has 0 aliphatic heterocycles. The Labute approximate surface area is 114 Å². The second-order valence-electron chi connectivity index (χ2n) is 3.44. The van der Waals surface area contributed by atoms with Crippen LogP contribution in [0.1, 0.15) is 20.3 Å². The van der Waals surface area contributed by atoms with Crippen LogP contribution in [0.2, 0.25) is 0 Å². The third-order valence-corrected chi connectivity index (χ3v) is 1.80. The molecule has 0 aromatic carbocycles. The van der Waals surface area contributed by atoms with Crippen molar-refractivity contribution in [3.8, 4) is 23.7 Å². The minimum absolute atomic E-state index is 0.0354. The number of aliphatic hydroxyl groups excluding tert-OH is 1. The molecule has 0 saturated carbocycles. The highest BCUT2D eigenvalue weighted by Gasteiger charge is 2.05. The highest BCUT2D eigenvalue weighted by atomic mass is 16.5. The number of carbonyl (C=O) groups is 1. The van der Waals surface area contributed by atoms with Gasteiger partial charge in [0.1, 0.15) is 6.10 Å². The van der Waals surface area contributed by atoms with Gasteiger partial charge in [-0.05, 0) is 37.0 Å². The maximum absolute atomic E-state index is 10.8. The number of hydrogen-bond donors (Lipinski definition) is 1. The van der Waals surface area contributed by atoms with Crippen LogP contribution in [0.25, 0.3) is 0 Å². The maximum Gasteiger partial charge on any atom is 0.303 e. The minimum Gasteiger partial charge on any atom is -0.458 e. The van der Waals surface area contributed by atoms with Gasteiger partial charge in [-0.25, -0.2) is 0 Å². The van der Waals surface area contributed by atoms with E-state index in [0.717, 1.165) is 0 Å². The summed E-state index contributed by atoms with van der Waals surface area (Å²) in [7, 11) is 0. The Morgan fingerprint density at radius 3 is 2.53 bits per heavy atom. The van der Waals surface area contributed by atoms with Gasteiger partial charge in [-0.1, -0.05) is 30.1 Å². The van der Waals surface area contributed by atoms with Gasteiger partial charge in [0, 0.05) is 20.0 Å². The van der Waals surface area contributed by atoms with E-state index >= 15 is 0 Å². The summed E-state index contributed by atoms with van der Waals surface area (Å²) in [6.45, 7) is 3.19. The lowest BCUT2D eigenvalue weighted by Gasteiger charge is -2.10. The first-order valence-corrected chi connectivity index (χ1v) is 5.94. The zero-order valence-corrected chi connectivity index (χ0v) is 11.2. The summed E-state index contributed by atoms with van der Waals surface area (Å²) in [4.78, 5) is 10.8. The van der Waals surface area contributed by atoms with Crippen molar-refractivity contribution in [3.05, 3.63) is 36.5 Å². The molecule has 0 spiro atoms. The Morgan fingerprint density at radius 2 is 1.95 bits per heavy atom. The Bertz CT molecular complexity index is 462. The van der Waals surface area contributed by atoms with Gasteiger partial charge < -0.3 is 9.84 Å². The van der Waals surface area contributed by atoms with Crippen molar-refractivity contribution >= 4 is 5.97 Å². The van der Waals surface area contributed by atoms with Crippen LogP contribution < -0.4 is 0 Å². The minimum atomic E-state index is -0.408. The first-order chi connectivity index (χ1) is 9.20. The van der Waals surface area contributed by atoms with Crippen molar-refractivity contribution in [2.45, 2.75) is 26.4 Å². The monoisotopic (exact) mass is 258 g/mol. The van der Waals surface area contributed by atoms with Crippen LogP contribution in [0.4, 0.5) is 0 Å². The number of carbonyl (C=O) groups excluding carboxylic acids is 1. The second kappa shape index (κ2) is 12.2. The summed E-state index contributed by atoms with van der Waals surface area (Å²) in [6.07, 6.45) is 10.3. The van der Waals surface area contributed by atoms with E-state index in [1.165, 1.54) is 6.92 Å². The number of aliphatic hydroxyl groups is 1. The van der Waals surface area contributed by atoms with Crippen LogP contribution in [0, 0.1) is 23.7 Å². The Kier molecular flexibility index (Phi) is 10.8. The summed E-state index contributed by atoms with van der Waals surface area (Å²) in [5, 5.41) is 8.81.